The Morgan fingerprint density at radius 2 is 1.75 bits per heavy atom. The average molecular weight is 497 g/mol. The van der Waals surface area contributed by atoms with Gasteiger partial charge in [-0.3, -0.25) is 19.0 Å². The van der Waals surface area contributed by atoms with Gasteiger partial charge >= 0.3 is 0 Å². The number of benzene rings is 2. The summed E-state index contributed by atoms with van der Waals surface area (Å²) in [6.45, 7) is 1.05. The first-order chi connectivity index (χ1) is 17.6. The summed E-state index contributed by atoms with van der Waals surface area (Å²) in [6, 6.07) is 17.7. The molecule has 3 aromatic heterocycles. The van der Waals surface area contributed by atoms with E-state index in [1.807, 2.05) is 54.6 Å². The topological polar surface area (TPSA) is 106 Å². The molecule has 2 aromatic carbocycles. The fraction of sp³-hybridized carbons (Fsp3) is 0.222. The lowest BCUT2D eigenvalue weighted by molar-refractivity contribution is -0.123. The monoisotopic (exact) mass is 496 g/mol. The molecule has 5 aromatic rings. The number of piperidine rings is 1. The van der Waals surface area contributed by atoms with Crippen LogP contribution in [0.15, 0.2) is 72.1 Å². The summed E-state index contributed by atoms with van der Waals surface area (Å²) in [5.41, 5.74) is 10.6. The number of likely N-dealkylation sites (tertiary alicyclic amines) is 1. The Morgan fingerprint density at radius 3 is 2.53 bits per heavy atom. The van der Waals surface area contributed by atoms with Crippen molar-refractivity contribution >= 4 is 51.2 Å². The van der Waals surface area contributed by atoms with E-state index in [-0.39, 0.29) is 17.7 Å². The number of hydrogen-bond donors (Lipinski definition) is 1. The summed E-state index contributed by atoms with van der Waals surface area (Å²) < 4.78 is 2.10. The van der Waals surface area contributed by atoms with Crippen molar-refractivity contribution in [1.29, 1.82) is 0 Å². The molecule has 2 N–H and O–H groups in total. The molecule has 0 spiro atoms. The second kappa shape index (κ2) is 9.23. The molecule has 6 rings (SSSR count). The predicted octanol–water partition coefficient (Wildman–Crippen LogP) is 4.06. The number of carbonyl (C=O) groups is 2. The van der Waals surface area contributed by atoms with Crippen LogP contribution in [-0.2, 0) is 10.5 Å². The lowest BCUT2D eigenvalue weighted by Crippen LogP contribution is -2.41. The van der Waals surface area contributed by atoms with E-state index in [0.717, 1.165) is 44.1 Å². The fourth-order valence-corrected chi connectivity index (χ4v) is 5.74. The largest absolute Gasteiger partial charge is 0.369 e. The average Bonchev–Trinajstić information content (AvgIpc) is 3.32. The van der Waals surface area contributed by atoms with Crippen molar-refractivity contribution in [3.8, 4) is 0 Å². The van der Waals surface area contributed by atoms with Gasteiger partial charge in [-0.1, -0.05) is 23.9 Å². The van der Waals surface area contributed by atoms with E-state index in [1.165, 1.54) is 0 Å². The SMILES string of the molecule is NC(=O)C1CCN(C(=O)c2ccc3c(c2)nc(SCc2ccncc2)n2c4ccccc4nc32)CC1. The Morgan fingerprint density at radius 1 is 0.972 bits per heavy atom. The summed E-state index contributed by atoms with van der Waals surface area (Å²) in [4.78, 5) is 40.6. The minimum Gasteiger partial charge on any atom is -0.369 e. The van der Waals surface area contributed by atoms with E-state index in [2.05, 4.69) is 9.38 Å². The number of amides is 2. The first-order valence-corrected chi connectivity index (χ1v) is 12.9. The Labute approximate surface area is 211 Å². The molecule has 0 unspecified atom stereocenters. The summed E-state index contributed by atoms with van der Waals surface area (Å²) in [6.07, 6.45) is 4.78. The van der Waals surface area contributed by atoms with E-state index in [1.54, 1.807) is 29.1 Å². The second-order valence-corrected chi connectivity index (χ2v) is 9.94. The van der Waals surface area contributed by atoms with Crippen LogP contribution in [0.4, 0.5) is 0 Å². The zero-order chi connectivity index (χ0) is 24.6. The maximum absolute atomic E-state index is 13.3. The van der Waals surface area contributed by atoms with Crippen molar-refractivity contribution < 1.29 is 9.59 Å². The number of primary amides is 1. The van der Waals surface area contributed by atoms with Crippen LogP contribution in [0.3, 0.4) is 0 Å². The van der Waals surface area contributed by atoms with Crippen molar-refractivity contribution in [2.24, 2.45) is 11.7 Å². The van der Waals surface area contributed by atoms with Crippen LogP contribution in [0.2, 0.25) is 0 Å². The third-order valence-electron chi connectivity index (χ3n) is 6.76. The molecule has 1 fully saturated rings. The molecule has 1 aliphatic rings. The van der Waals surface area contributed by atoms with Crippen molar-refractivity contribution in [2.45, 2.75) is 23.8 Å². The number of nitrogens with two attached hydrogens (primary N) is 1. The van der Waals surface area contributed by atoms with Gasteiger partial charge in [0.05, 0.1) is 16.6 Å². The zero-order valence-electron chi connectivity index (χ0n) is 19.5. The molecular weight excluding hydrogens is 472 g/mol. The van der Waals surface area contributed by atoms with Gasteiger partial charge in [-0.15, -0.1) is 0 Å². The zero-order valence-corrected chi connectivity index (χ0v) is 20.3. The third-order valence-corrected chi connectivity index (χ3v) is 7.77. The Bertz CT molecular complexity index is 1610. The molecule has 0 bridgehead atoms. The molecule has 0 radical (unpaired) electrons. The minimum absolute atomic E-state index is 0.0546. The number of nitrogens with zero attached hydrogens (tertiary/aromatic N) is 5. The molecular formula is C27H24N6O2S. The van der Waals surface area contributed by atoms with Crippen molar-refractivity contribution in [3.05, 3.63) is 78.1 Å². The van der Waals surface area contributed by atoms with Crippen LogP contribution in [0.5, 0.6) is 0 Å². The molecule has 0 atom stereocenters. The van der Waals surface area contributed by atoms with Gasteiger partial charge in [-0.25, -0.2) is 9.97 Å². The molecule has 9 heteroatoms. The van der Waals surface area contributed by atoms with E-state index >= 15 is 0 Å². The first kappa shape index (κ1) is 22.5. The summed E-state index contributed by atoms with van der Waals surface area (Å²) in [5.74, 6) is 0.233. The quantitative estimate of drug-likeness (QED) is 0.291. The number of pyridine rings is 1. The van der Waals surface area contributed by atoms with Gasteiger partial charge in [0.1, 0.15) is 5.65 Å². The van der Waals surface area contributed by atoms with Crippen molar-refractivity contribution in [1.82, 2.24) is 24.3 Å². The van der Waals surface area contributed by atoms with Gasteiger partial charge in [0.2, 0.25) is 5.91 Å². The van der Waals surface area contributed by atoms with Gasteiger partial charge in [0.25, 0.3) is 5.91 Å². The normalized spacial score (nSPS) is 14.6. The number of thioether (sulfide) groups is 1. The molecule has 2 amide bonds. The molecule has 36 heavy (non-hydrogen) atoms. The summed E-state index contributed by atoms with van der Waals surface area (Å²) >= 11 is 1.63. The van der Waals surface area contributed by atoms with Gasteiger partial charge in [-0.2, -0.15) is 0 Å². The van der Waals surface area contributed by atoms with Gasteiger partial charge in [0, 0.05) is 48.1 Å². The highest BCUT2D eigenvalue weighted by molar-refractivity contribution is 7.98. The first-order valence-electron chi connectivity index (χ1n) is 11.9. The van der Waals surface area contributed by atoms with E-state index in [0.29, 0.717) is 31.5 Å². The smallest absolute Gasteiger partial charge is 0.253 e. The fourth-order valence-electron chi connectivity index (χ4n) is 4.77. The number of hydrogen-bond acceptors (Lipinski definition) is 6. The van der Waals surface area contributed by atoms with Crippen LogP contribution in [-0.4, -0.2) is 49.2 Å². The number of fused-ring (bicyclic) bond motifs is 5. The Hall–Kier alpha value is -3.98. The highest BCUT2D eigenvalue weighted by atomic mass is 32.2. The minimum atomic E-state index is -0.287. The number of carbonyl (C=O) groups excluding carboxylic acids is 2. The maximum Gasteiger partial charge on any atom is 0.253 e. The Kier molecular flexibility index (Phi) is 5.77. The van der Waals surface area contributed by atoms with Crippen LogP contribution >= 0.6 is 11.8 Å². The number of rotatable bonds is 5. The van der Waals surface area contributed by atoms with Gasteiger partial charge in [-0.05, 0) is 60.9 Å². The number of aromatic nitrogens is 4. The standard InChI is InChI=1S/C27H24N6O2S/c28-24(34)18-9-13-32(14-10-18)26(35)19-5-6-20-22(15-19)31-27(36-16-17-7-11-29-12-8-17)33-23-4-2-1-3-21(23)30-25(20)33/h1-8,11-12,15,18H,9-10,13-14,16H2,(H2,28,34). The Balaban J connectivity index is 1.40. The molecule has 4 heterocycles. The van der Waals surface area contributed by atoms with Crippen LogP contribution in [0.25, 0.3) is 27.6 Å². The highest BCUT2D eigenvalue weighted by Gasteiger charge is 2.27. The second-order valence-electron chi connectivity index (χ2n) is 9.00. The van der Waals surface area contributed by atoms with E-state index in [9.17, 15) is 9.59 Å². The van der Waals surface area contributed by atoms with E-state index < -0.39 is 0 Å². The lowest BCUT2D eigenvalue weighted by Gasteiger charge is -2.30. The van der Waals surface area contributed by atoms with Gasteiger partial charge in [0.15, 0.2) is 5.16 Å². The van der Waals surface area contributed by atoms with Crippen LogP contribution in [0, 0.1) is 5.92 Å². The lowest BCUT2D eigenvalue weighted by atomic mass is 9.96. The molecule has 180 valence electrons. The van der Waals surface area contributed by atoms with Crippen molar-refractivity contribution in [2.75, 3.05) is 13.1 Å². The number of imidazole rings is 1. The summed E-state index contributed by atoms with van der Waals surface area (Å²) in [7, 11) is 0. The molecule has 0 aliphatic carbocycles. The van der Waals surface area contributed by atoms with E-state index in [4.69, 9.17) is 15.7 Å². The predicted molar refractivity (Wildman–Crippen MR) is 140 cm³/mol. The highest BCUT2D eigenvalue weighted by Crippen LogP contribution is 2.31. The molecule has 0 saturated carbocycles. The maximum atomic E-state index is 13.3. The molecule has 1 aliphatic heterocycles. The molecule has 1 saturated heterocycles. The molecule has 8 nitrogen and oxygen atoms in total. The van der Waals surface area contributed by atoms with Crippen molar-refractivity contribution in [3.63, 3.8) is 0 Å². The third kappa shape index (κ3) is 4.05. The summed E-state index contributed by atoms with van der Waals surface area (Å²) in [5, 5.41) is 1.71. The van der Waals surface area contributed by atoms with Crippen LogP contribution < -0.4 is 5.73 Å². The van der Waals surface area contributed by atoms with Crippen LogP contribution in [0.1, 0.15) is 28.8 Å². The number of para-hydroxylation sites is 2. The van der Waals surface area contributed by atoms with Gasteiger partial charge < -0.3 is 10.6 Å².